The monoisotopic (exact) mass is 292 g/mol. The summed E-state index contributed by atoms with van der Waals surface area (Å²) in [4.78, 5) is 0. The Morgan fingerprint density at radius 1 is 1.24 bits per heavy atom. The van der Waals surface area contributed by atoms with E-state index in [-0.39, 0.29) is 17.5 Å². The molecule has 0 heterocycles. The highest BCUT2D eigenvalue weighted by Gasteiger charge is 2.12. The molecule has 21 heavy (non-hydrogen) atoms. The van der Waals surface area contributed by atoms with E-state index in [1.807, 2.05) is 19.9 Å². The molecule has 0 radical (unpaired) electrons. The third kappa shape index (κ3) is 3.62. The van der Waals surface area contributed by atoms with E-state index >= 15 is 0 Å². The van der Waals surface area contributed by atoms with Crippen LogP contribution in [0, 0.1) is 11.6 Å². The normalized spacial score (nSPS) is 12.0. The highest BCUT2D eigenvalue weighted by atomic mass is 19.2. The van der Waals surface area contributed by atoms with E-state index in [9.17, 15) is 8.78 Å². The zero-order valence-corrected chi connectivity index (χ0v) is 12.0. The quantitative estimate of drug-likeness (QED) is 0.799. The Morgan fingerprint density at radius 2 is 2.00 bits per heavy atom. The second kappa shape index (κ2) is 6.43. The summed E-state index contributed by atoms with van der Waals surface area (Å²) >= 11 is 0. The molecule has 0 aliphatic carbocycles. The number of nitrogens with one attached hydrogen (secondary N) is 1. The molecule has 3 nitrogen and oxygen atoms in total. The van der Waals surface area contributed by atoms with Gasteiger partial charge in [0.05, 0.1) is 11.8 Å². The van der Waals surface area contributed by atoms with Crippen LogP contribution in [0.1, 0.15) is 20.3 Å². The van der Waals surface area contributed by atoms with Gasteiger partial charge in [-0.05, 0) is 37.6 Å². The number of halogens is 2. The Morgan fingerprint density at radius 3 is 2.71 bits per heavy atom. The number of benzene rings is 2. The summed E-state index contributed by atoms with van der Waals surface area (Å²) < 4.78 is 32.7. The lowest BCUT2D eigenvalue weighted by molar-refractivity contribution is 0.217. The Hall–Kier alpha value is -2.30. The van der Waals surface area contributed by atoms with Crippen molar-refractivity contribution >= 4 is 17.1 Å². The standard InChI is InChI=1S/C16H18F2N2O/c1-3-10(2)21-12-6-4-5-11(9-12)20-16-14(19)8-7-13(17)15(16)18/h4-10,20H,3,19H2,1-2H3. The maximum Gasteiger partial charge on any atom is 0.184 e. The largest absolute Gasteiger partial charge is 0.491 e. The molecule has 0 amide bonds. The highest BCUT2D eigenvalue weighted by molar-refractivity contribution is 5.73. The van der Waals surface area contributed by atoms with Crippen LogP contribution in [-0.2, 0) is 0 Å². The molecule has 0 fully saturated rings. The van der Waals surface area contributed by atoms with Crippen molar-refractivity contribution in [3.63, 3.8) is 0 Å². The molecule has 0 aliphatic rings. The summed E-state index contributed by atoms with van der Waals surface area (Å²) in [5.41, 5.74) is 6.32. The van der Waals surface area contributed by atoms with Gasteiger partial charge in [-0.1, -0.05) is 13.0 Å². The summed E-state index contributed by atoms with van der Waals surface area (Å²) in [5, 5.41) is 2.79. The topological polar surface area (TPSA) is 47.3 Å². The van der Waals surface area contributed by atoms with Crippen LogP contribution < -0.4 is 15.8 Å². The number of hydrogen-bond donors (Lipinski definition) is 2. The van der Waals surface area contributed by atoms with E-state index < -0.39 is 11.6 Å². The van der Waals surface area contributed by atoms with Crippen molar-refractivity contribution in [2.45, 2.75) is 26.4 Å². The van der Waals surface area contributed by atoms with Crippen LogP contribution in [0.3, 0.4) is 0 Å². The minimum Gasteiger partial charge on any atom is -0.491 e. The predicted molar refractivity (Wildman–Crippen MR) is 80.9 cm³/mol. The Bertz CT molecular complexity index is 632. The van der Waals surface area contributed by atoms with Crippen LogP contribution in [0.15, 0.2) is 36.4 Å². The fourth-order valence-corrected chi connectivity index (χ4v) is 1.80. The molecule has 0 saturated heterocycles. The number of nitrogens with two attached hydrogens (primary N) is 1. The average molecular weight is 292 g/mol. The van der Waals surface area contributed by atoms with E-state index in [4.69, 9.17) is 10.5 Å². The molecule has 5 heteroatoms. The maximum atomic E-state index is 13.8. The molecule has 1 atom stereocenters. The van der Waals surface area contributed by atoms with Gasteiger partial charge in [-0.2, -0.15) is 0 Å². The van der Waals surface area contributed by atoms with Gasteiger partial charge in [0.25, 0.3) is 0 Å². The van der Waals surface area contributed by atoms with Crippen molar-refractivity contribution < 1.29 is 13.5 Å². The number of ether oxygens (including phenoxy) is 1. The van der Waals surface area contributed by atoms with Crippen molar-refractivity contribution in [3.05, 3.63) is 48.0 Å². The van der Waals surface area contributed by atoms with Crippen molar-refractivity contribution in [1.82, 2.24) is 0 Å². The second-order valence-corrected chi connectivity index (χ2v) is 4.82. The fourth-order valence-electron chi connectivity index (χ4n) is 1.80. The molecule has 0 spiro atoms. The summed E-state index contributed by atoms with van der Waals surface area (Å²) in [7, 11) is 0. The Balaban J connectivity index is 2.24. The molecule has 3 N–H and O–H groups in total. The SMILES string of the molecule is CCC(C)Oc1cccc(Nc2c(N)ccc(F)c2F)c1. The van der Waals surface area contributed by atoms with E-state index in [0.29, 0.717) is 11.4 Å². The molecule has 1 unspecified atom stereocenters. The van der Waals surface area contributed by atoms with Gasteiger partial charge in [0.15, 0.2) is 11.6 Å². The molecule has 2 rings (SSSR count). The van der Waals surface area contributed by atoms with Gasteiger partial charge in [-0.15, -0.1) is 0 Å². The third-order valence-electron chi connectivity index (χ3n) is 3.14. The van der Waals surface area contributed by atoms with Crippen molar-refractivity contribution in [3.8, 4) is 5.75 Å². The summed E-state index contributed by atoms with van der Waals surface area (Å²) in [6.45, 7) is 3.99. The molecule has 0 bridgehead atoms. The van der Waals surface area contributed by atoms with Crippen LogP contribution in [-0.4, -0.2) is 6.10 Å². The van der Waals surface area contributed by atoms with Crippen molar-refractivity contribution in [2.24, 2.45) is 0 Å². The number of anilines is 3. The Kier molecular flexibility index (Phi) is 4.62. The zero-order chi connectivity index (χ0) is 15.4. The molecule has 0 aromatic heterocycles. The smallest absolute Gasteiger partial charge is 0.184 e. The number of nitrogen functional groups attached to an aromatic ring is 1. The lowest BCUT2D eigenvalue weighted by Crippen LogP contribution is -2.09. The molecular formula is C16H18F2N2O. The first-order chi connectivity index (χ1) is 10.0. The first-order valence-corrected chi connectivity index (χ1v) is 6.78. The molecule has 2 aromatic rings. The summed E-state index contributed by atoms with van der Waals surface area (Å²) in [5.74, 6) is -1.29. The maximum absolute atomic E-state index is 13.8. The van der Waals surface area contributed by atoms with E-state index in [0.717, 1.165) is 12.5 Å². The lowest BCUT2D eigenvalue weighted by Gasteiger charge is -2.15. The minimum absolute atomic E-state index is 0.0734. The van der Waals surface area contributed by atoms with Crippen LogP contribution in [0.4, 0.5) is 25.8 Å². The van der Waals surface area contributed by atoms with Gasteiger partial charge >= 0.3 is 0 Å². The van der Waals surface area contributed by atoms with Gasteiger partial charge < -0.3 is 15.8 Å². The van der Waals surface area contributed by atoms with Gasteiger partial charge in [-0.3, -0.25) is 0 Å². The number of hydrogen-bond acceptors (Lipinski definition) is 3. The van der Waals surface area contributed by atoms with Crippen LogP contribution in [0.25, 0.3) is 0 Å². The second-order valence-electron chi connectivity index (χ2n) is 4.82. The molecule has 2 aromatic carbocycles. The van der Waals surface area contributed by atoms with Gasteiger partial charge in [0, 0.05) is 11.8 Å². The van der Waals surface area contributed by atoms with Crippen LogP contribution >= 0.6 is 0 Å². The molecule has 0 saturated carbocycles. The minimum atomic E-state index is -0.997. The predicted octanol–water partition coefficient (Wildman–Crippen LogP) is 4.47. The molecular weight excluding hydrogens is 274 g/mol. The van der Waals surface area contributed by atoms with Gasteiger partial charge in [-0.25, -0.2) is 8.78 Å². The molecule has 0 aliphatic heterocycles. The highest BCUT2D eigenvalue weighted by Crippen LogP contribution is 2.29. The van der Waals surface area contributed by atoms with Crippen LogP contribution in [0.5, 0.6) is 5.75 Å². The summed E-state index contributed by atoms with van der Waals surface area (Å²) in [6.07, 6.45) is 0.958. The summed E-state index contributed by atoms with van der Waals surface area (Å²) in [6, 6.07) is 9.35. The first-order valence-electron chi connectivity index (χ1n) is 6.78. The van der Waals surface area contributed by atoms with E-state index in [2.05, 4.69) is 5.32 Å². The first kappa shape index (κ1) is 15.1. The average Bonchev–Trinajstić information content (AvgIpc) is 2.48. The van der Waals surface area contributed by atoms with Crippen molar-refractivity contribution in [2.75, 3.05) is 11.1 Å². The zero-order valence-electron chi connectivity index (χ0n) is 12.0. The van der Waals surface area contributed by atoms with E-state index in [1.54, 1.807) is 18.2 Å². The Labute approximate surface area is 122 Å². The van der Waals surface area contributed by atoms with E-state index in [1.165, 1.54) is 6.07 Å². The van der Waals surface area contributed by atoms with Crippen LogP contribution in [0.2, 0.25) is 0 Å². The van der Waals surface area contributed by atoms with Gasteiger partial charge in [0.1, 0.15) is 11.4 Å². The fraction of sp³-hybridized carbons (Fsp3) is 0.250. The number of rotatable bonds is 5. The van der Waals surface area contributed by atoms with Crippen molar-refractivity contribution in [1.29, 1.82) is 0 Å². The van der Waals surface area contributed by atoms with Gasteiger partial charge in [0.2, 0.25) is 0 Å². The lowest BCUT2D eigenvalue weighted by atomic mass is 10.2. The molecule has 112 valence electrons. The third-order valence-corrected chi connectivity index (χ3v) is 3.14.